The van der Waals surface area contributed by atoms with Gasteiger partial charge in [-0.1, -0.05) is 24.3 Å². The molecule has 1 amide bonds. The quantitative estimate of drug-likeness (QED) is 0.485. The lowest BCUT2D eigenvalue weighted by molar-refractivity contribution is -0.117. The Morgan fingerprint density at radius 1 is 1.03 bits per heavy atom. The number of ketones is 1. The van der Waals surface area contributed by atoms with Crippen LogP contribution in [0.1, 0.15) is 47.1 Å². The number of benzene rings is 2. The van der Waals surface area contributed by atoms with E-state index in [1.165, 1.54) is 17.2 Å². The molecule has 1 unspecified atom stereocenters. The summed E-state index contributed by atoms with van der Waals surface area (Å²) in [4.78, 5) is 30.4. The Morgan fingerprint density at radius 3 is 2.33 bits per heavy atom. The van der Waals surface area contributed by atoms with Gasteiger partial charge in [-0.15, -0.1) is 0 Å². The zero-order chi connectivity index (χ0) is 23.7. The maximum Gasteiger partial charge on any atom is 0.294 e. The van der Waals surface area contributed by atoms with Crippen molar-refractivity contribution in [3.05, 3.63) is 94.6 Å². The van der Waals surface area contributed by atoms with Crippen LogP contribution in [0.25, 0.3) is 0 Å². The van der Waals surface area contributed by atoms with Crippen molar-refractivity contribution >= 4 is 23.1 Å². The molecular weight excluding hydrogens is 416 g/mol. The van der Waals surface area contributed by atoms with Gasteiger partial charge < -0.3 is 14.4 Å². The van der Waals surface area contributed by atoms with E-state index in [-0.39, 0.29) is 11.3 Å². The standard InChI is InChI=1S/C27H28N2O4/c1-5-28(6-2)20-14-12-19(13-15-20)24-23(25(30)22-11-8-16-33-22)26(31)27(32)29(24)21-10-7-9-17(3)18(21)4/h7-16,24,31H,5-6H2,1-4H3. The van der Waals surface area contributed by atoms with Crippen LogP contribution in [-0.4, -0.2) is 29.9 Å². The molecule has 0 fully saturated rings. The molecule has 6 heteroatoms. The average Bonchev–Trinajstić information content (AvgIpc) is 3.44. The molecule has 0 saturated heterocycles. The first kappa shape index (κ1) is 22.4. The van der Waals surface area contributed by atoms with Crippen LogP contribution in [0.2, 0.25) is 0 Å². The number of aryl methyl sites for hydroxylation is 1. The van der Waals surface area contributed by atoms with Crippen molar-refractivity contribution < 1.29 is 19.1 Å². The second-order valence-electron chi connectivity index (χ2n) is 8.13. The zero-order valence-corrected chi connectivity index (χ0v) is 19.3. The summed E-state index contributed by atoms with van der Waals surface area (Å²) in [6.45, 7) is 9.83. The number of furan rings is 1. The second kappa shape index (κ2) is 8.98. The fraction of sp³-hybridized carbons (Fsp3) is 0.259. The predicted octanol–water partition coefficient (Wildman–Crippen LogP) is 5.53. The molecule has 4 rings (SSSR count). The first-order valence-corrected chi connectivity index (χ1v) is 11.1. The normalized spacial score (nSPS) is 15.9. The molecule has 3 aromatic rings. The summed E-state index contributed by atoms with van der Waals surface area (Å²) in [5.41, 5.74) is 4.40. The molecule has 1 aliphatic heterocycles. The molecule has 2 aromatic carbocycles. The van der Waals surface area contributed by atoms with Crippen molar-refractivity contribution in [2.75, 3.05) is 22.9 Å². The lowest BCUT2D eigenvalue weighted by Gasteiger charge is -2.29. The van der Waals surface area contributed by atoms with Gasteiger partial charge in [0.1, 0.15) is 0 Å². The van der Waals surface area contributed by atoms with E-state index in [1.807, 2.05) is 56.3 Å². The summed E-state index contributed by atoms with van der Waals surface area (Å²) in [5, 5.41) is 10.9. The van der Waals surface area contributed by atoms with Crippen molar-refractivity contribution in [3.63, 3.8) is 0 Å². The average molecular weight is 445 g/mol. The second-order valence-corrected chi connectivity index (χ2v) is 8.13. The van der Waals surface area contributed by atoms with Crippen LogP contribution in [0.5, 0.6) is 0 Å². The topological polar surface area (TPSA) is 74.0 Å². The molecule has 1 aromatic heterocycles. The maximum atomic E-state index is 13.3. The number of nitrogens with zero attached hydrogens (tertiary/aromatic N) is 2. The number of aliphatic hydroxyl groups is 1. The van der Waals surface area contributed by atoms with Crippen molar-refractivity contribution in [2.24, 2.45) is 0 Å². The van der Waals surface area contributed by atoms with E-state index in [0.29, 0.717) is 5.69 Å². The number of Topliss-reactive ketones (excluding diaryl/α,β-unsaturated/α-hetero) is 1. The fourth-order valence-electron chi connectivity index (χ4n) is 4.39. The third-order valence-electron chi connectivity index (χ3n) is 6.37. The smallest absolute Gasteiger partial charge is 0.294 e. The number of aliphatic hydroxyl groups excluding tert-OH is 1. The van der Waals surface area contributed by atoms with E-state index in [0.717, 1.165) is 35.5 Å². The summed E-state index contributed by atoms with van der Waals surface area (Å²) >= 11 is 0. The lowest BCUT2D eigenvalue weighted by atomic mass is 9.94. The van der Waals surface area contributed by atoms with E-state index in [9.17, 15) is 14.7 Å². The number of amides is 1. The first-order chi connectivity index (χ1) is 15.9. The van der Waals surface area contributed by atoms with Crippen LogP contribution in [0.4, 0.5) is 11.4 Å². The van der Waals surface area contributed by atoms with E-state index in [4.69, 9.17) is 4.42 Å². The van der Waals surface area contributed by atoms with Gasteiger partial charge in [-0.05, 0) is 74.7 Å². The molecule has 33 heavy (non-hydrogen) atoms. The van der Waals surface area contributed by atoms with E-state index < -0.39 is 23.5 Å². The van der Waals surface area contributed by atoms with E-state index in [2.05, 4.69) is 18.7 Å². The highest BCUT2D eigenvalue weighted by Crippen LogP contribution is 2.43. The molecule has 0 radical (unpaired) electrons. The molecule has 0 bridgehead atoms. The zero-order valence-electron chi connectivity index (χ0n) is 19.3. The third-order valence-corrected chi connectivity index (χ3v) is 6.37. The van der Waals surface area contributed by atoms with E-state index in [1.54, 1.807) is 6.07 Å². The predicted molar refractivity (Wildman–Crippen MR) is 129 cm³/mol. The Morgan fingerprint density at radius 2 is 1.73 bits per heavy atom. The molecule has 170 valence electrons. The van der Waals surface area contributed by atoms with Crippen molar-refractivity contribution in [1.29, 1.82) is 0 Å². The summed E-state index contributed by atoms with van der Waals surface area (Å²) in [7, 11) is 0. The third kappa shape index (κ3) is 3.82. The van der Waals surface area contributed by atoms with Crippen LogP contribution in [0.3, 0.4) is 0 Å². The van der Waals surface area contributed by atoms with Gasteiger partial charge >= 0.3 is 0 Å². The summed E-state index contributed by atoms with van der Waals surface area (Å²) < 4.78 is 5.31. The minimum absolute atomic E-state index is 0.0199. The number of hydrogen-bond acceptors (Lipinski definition) is 5. The fourth-order valence-corrected chi connectivity index (χ4v) is 4.39. The van der Waals surface area contributed by atoms with Gasteiger partial charge in [-0.25, -0.2) is 0 Å². The van der Waals surface area contributed by atoms with Crippen molar-refractivity contribution in [1.82, 2.24) is 0 Å². The Balaban J connectivity index is 1.87. The number of carbonyl (C=O) groups excluding carboxylic acids is 2. The van der Waals surface area contributed by atoms with Gasteiger partial charge in [0.05, 0.1) is 17.9 Å². The molecule has 0 aliphatic carbocycles. The monoisotopic (exact) mass is 444 g/mol. The number of carbonyl (C=O) groups is 2. The SMILES string of the molecule is CCN(CC)c1ccc(C2C(C(=O)c3ccco3)=C(O)C(=O)N2c2cccc(C)c2C)cc1. The van der Waals surface area contributed by atoms with Gasteiger partial charge in [0.25, 0.3) is 5.91 Å². The minimum atomic E-state index is -0.777. The van der Waals surface area contributed by atoms with E-state index >= 15 is 0 Å². The van der Waals surface area contributed by atoms with Crippen molar-refractivity contribution in [3.8, 4) is 0 Å². The Bertz CT molecular complexity index is 1210. The van der Waals surface area contributed by atoms with Crippen LogP contribution in [0.15, 0.2) is 76.6 Å². The van der Waals surface area contributed by atoms with Crippen LogP contribution in [-0.2, 0) is 4.79 Å². The van der Waals surface area contributed by atoms with Crippen LogP contribution in [0, 0.1) is 13.8 Å². The molecular formula is C27H28N2O4. The molecule has 1 N–H and O–H groups in total. The molecule has 1 aliphatic rings. The summed E-state index contributed by atoms with van der Waals surface area (Å²) in [6.07, 6.45) is 1.40. The molecule has 6 nitrogen and oxygen atoms in total. The Labute approximate surface area is 193 Å². The van der Waals surface area contributed by atoms with Gasteiger partial charge in [-0.3, -0.25) is 14.5 Å². The molecule has 1 atom stereocenters. The highest BCUT2D eigenvalue weighted by Gasteiger charge is 2.45. The number of rotatable bonds is 7. The summed E-state index contributed by atoms with van der Waals surface area (Å²) in [5.74, 6) is -1.57. The summed E-state index contributed by atoms with van der Waals surface area (Å²) in [6, 6.07) is 15.8. The number of anilines is 2. The van der Waals surface area contributed by atoms with Gasteiger partial charge in [0.15, 0.2) is 11.5 Å². The van der Waals surface area contributed by atoms with Gasteiger partial charge in [0, 0.05) is 24.5 Å². The largest absolute Gasteiger partial charge is 0.503 e. The van der Waals surface area contributed by atoms with Gasteiger partial charge in [0.2, 0.25) is 5.78 Å². The Hall–Kier alpha value is -3.80. The van der Waals surface area contributed by atoms with Gasteiger partial charge in [-0.2, -0.15) is 0 Å². The molecule has 0 saturated carbocycles. The molecule has 2 heterocycles. The highest BCUT2D eigenvalue weighted by atomic mass is 16.3. The molecule has 0 spiro atoms. The highest BCUT2D eigenvalue weighted by molar-refractivity contribution is 6.20. The lowest BCUT2D eigenvalue weighted by Crippen LogP contribution is -2.31. The number of hydrogen-bond donors (Lipinski definition) is 1. The van der Waals surface area contributed by atoms with Crippen molar-refractivity contribution in [2.45, 2.75) is 33.7 Å². The first-order valence-electron chi connectivity index (χ1n) is 11.1. The maximum absolute atomic E-state index is 13.3. The minimum Gasteiger partial charge on any atom is -0.503 e. The van der Waals surface area contributed by atoms with Crippen LogP contribution < -0.4 is 9.80 Å². The Kier molecular flexibility index (Phi) is 6.09. The van der Waals surface area contributed by atoms with Crippen LogP contribution >= 0.6 is 0 Å².